The Labute approximate surface area is 91.6 Å². The van der Waals surface area contributed by atoms with Gasteiger partial charge >= 0.3 is 5.69 Å². The Hall–Kier alpha value is -2.01. The first-order valence-corrected chi connectivity index (χ1v) is 5.09. The lowest BCUT2D eigenvalue weighted by molar-refractivity contribution is 0.757. The van der Waals surface area contributed by atoms with Gasteiger partial charge in [0.2, 0.25) is 0 Å². The molecule has 2 N–H and O–H groups in total. The van der Waals surface area contributed by atoms with Crippen LogP contribution in [0.2, 0.25) is 0 Å². The maximum Gasteiger partial charge on any atom is 0.345 e. The summed E-state index contributed by atoms with van der Waals surface area (Å²) in [6.45, 7) is 1.41. The normalized spacial score (nSPS) is 13.8. The first-order chi connectivity index (χ1) is 7.84. The fourth-order valence-corrected chi connectivity index (χ4v) is 1.91. The molecule has 0 saturated heterocycles. The molecular weight excluding hydrogens is 204 g/mol. The van der Waals surface area contributed by atoms with Crippen LogP contribution in [0.15, 0.2) is 29.2 Å². The number of H-pyrrole nitrogens is 1. The van der Waals surface area contributed by atoms with Crippen molar-refractivity contribution >= 4 is 0 Å². The van der Waals surface area contributed by atoms with Gasteiger partial charge in [0.25, 0.3) is 0 Å². The zero-order valence-corrected chi connectivity index (χ0v) is 8.53. The molecule has 5 heteroatoms. The topological polar surface area (TPSA) is 70.7 Å². The van der Waals surface area contributed by atoms with Crippen molar-refractivity contribution in [3.8, 4) is 11.4 Å². The number of fused-ring (bicyclic) bond motifs is 1. The van der Waals surface area contributed by atoms with E-state index in [0.717, 1.165) is 23.5 Å². The zero-order chi connectivity index (χ0) is 11.0. The smallest absolute Gasteiger partial charge is 0.308 e. The number of hydrogen-bond acceptors (Lipinski definition) is 4. The Morgan fingerprint density at radius 1 is 1.25 bits per heavy atom. The van der Waals surface area contributed by atoms with E-state index in [1.165, 1.54) is 0 Å². The highest BCUT2D eigenvalue weighted by molar-refractivity contribution is 5.59. The van der Waals surface area contributed by atoms with Crippen molar-refractivity contribution in [1.29, 1.82) is 0 Å². The summed E-state index contributed by atoms with van der Waals surface area (Å²) in [6.07, 6.45) is 1.70. The van der Waals surface area contributed by atoms with Gasteiger partial charge in [0, 0.05) is 30.5 Å². The van der Waals surface area contributed by atoms with E-state index in [1.807, 2.05) is 18.2 Å². The summed E-state index contributed by atoms with van der Waals surface area (Å²) in [5.74, 6) is 0. The summed E-state index contributed by atoms with van der Waals surface area (Å²) in [5, 5.41) is 3.19. The molecule has 0 saturated carbocycles. The van der Waals surface area contributed by atoms with Gasteiger partial charge < -0.3 is 10.3 Å². The van der Waals surface area contributed by atoms with E-state index in [0.29, 0.717) is 12.2 Å². The third-order valence-electron chi connectivity index (χ3n) is 2.63. The van der Waals surface area contributed by atoms with Crippen LogP contribution in [0.4, 0.5) is 0 Å². The molecule has 1 aliphatic rings. The maximum absolute atomic E-state index is 11.4. The highest BCUT2D eigenvalue weighted by Crippen LogP contribution is 2.22. The Balaban J connectivity index is 2.25. The monoisotopic (exact) mass is 214 g/mol. The number of rotatable bonds is 1. The summed E-state index contributed by atoms with van der Waals surface area (Å²) in [7, 11) is 0. The van der Waals surface area contributed by atoms with Crippen LogP contribution in [-0.2, 0) is 13.1 Å². The van der Waals surface area contributed by atoms with Crippen LogP contribution in [0.5, 0.6) is 0 Å². The average Bonchev–Trinajstić information content (AvgIpc) is 2.77. The lowest BCUT2D eigenvalue weighted by Crippen LogP contribution is -2.15. The maximum atomic E-state index is 11.4. The minimum Gasteiger partial charge on any atom is -0.308 e. The van der Waals surface area contributed by atoms with Crippen LogP contribution >= 0.6 is 0 Å². The van der Waals surface area contributed by atoms with E-state index >= 15 is 0 Å². The van der Waals surface area contributed by atoms with Crippen LogP contribution in [-0.4, -0.2) is 15.0 Å². The van der Waals surface area contributed by atoms with Gasteiger partial charge in [-0.05, 0) is 12.1 Å². The highest BCUT2D eigenvalue weighted by atomic mass is 16.1. The molecule has 0 fully saturated rings. The molecule has 3 rings (SSSR count). The lowest BCUT2D eigenvalue weighted by atomic mass is 10.1. The number of pyridine rings is 1. The number of hydrogen-bond donors (Lipinski definition) is 2. The largest absolute Gasteiger partial charge is 0.345 e. The van der Waals surface area contributed by atoms with Gasteiger partial charge in [0.15, 0.2) is 0 Å². The molecule has 0 unspecified atom stereocenters. The highest BCUT2D eigenvalue weighted by Gasteiger charge is 2.18. The van der Waals surface area contributed by atoms with Crippen molar-refractivity contribution in [1.82, 2.24) is 20.3 Å². The Morgan fingerprint density at radius 2 is 2.19 bits per heavy atom. The SMILES string of the molecule is O=c1nc(-c2ccccn2)c2c([nH]1)CNC2. The van der Waals surface area contributed by atoms with Crippen molar-refractivity contribution in [2.24, 2.45) is 0 Å². The molecule has 0 radical (unpaired) electrons. The molecule has 1 aliphatic heterocycles. The second kappa shape index (κ2) is 3.53. The Bertz CT molecular complexity index is 576. The summed E-state index contributed by atoms with van der Waals surface area (Å²) in [6, 6.07) is 5.59. The molecule has 0 amide bonds. The van der Waals surface area contributed by atoms with Gasteiger partial charge in [-0.3, -0.25) is 4.98 Å². The molecule has 3 heterocycles. The fraction of sp³-hybridized carbons (Fsp3) is 0.182. The van der Waals surface area contributed by atoms with Crippen LogP contribution < -0.4 is 11.0 Å². The second-order valence-corrected chi connectivity index (χ2v) is 3.67. The summed E-state index contributed by atoms with van der Waals surface area (Å²) in [4.78, 5) is 22.4. The molecule has 2 aromatic heterocycles. The predicted octanol–water partition coefficient (Wildman–Crippen LogP) is 0.435. The van der Waals surface area contributed by atoms with Crippen molar-refractivity contribution in [3.63, 3.8) is 0 Å². The minimum absolute atomic E-state index is 0.317. The van der Waals surface area contributed by atoms with Gasteiger partial charge in [0.1, 0.15) is 5.69 Å². The number of nitrogens with one attached hydrogen (secondary N) is 2. The summed E-state index contributed by atoms with van der Waals surface area (Å²) >= 11 is 0. The van der Waals surface area contributed by atoms with Crippen molar-refractivity contribution in [3.05, 3.63) is 46.1 Å². The minimum atomic E-state index is -0.317. The average molecular weight is 214 g/mol. The molecular formula is C11H10N4O. The van der Waals surface area contributed by atoms with Crippen LogP contribution in [0.25, 0.3) is 11.4 Å². The van der Waals surface area contributed by atoms with E-state index in [9.17, 15) is 4.79 Å². The van der Waals surface area contributed by atoms with E-state index in [-0.39, 0.29) is 5.69 Å². The van der Waals surface area contributed by atoms with Gasteiger partial charge in [0.05, 0.1) is 5.69 Å². The van der Waals surface area contributed by atoms with E-state index in [4.69, 9.17) is 0 Å². The first-order valence-electron chi connectivity index (χ1n) is 5.09. The molecule has 0 bridgehead atoms. The summed E-state index contributed by atoms with van der Waals surface area (Å²) in [5.41, 5.74) is 3.07. The number of aromatic nitrogens is 3. The molecule has 0 aromatic carbocycles. The number of aromatic amines is 1. The van der Waals surface area contributed by atoms with Crippen LogP contribution in [0.3, 0.4) is 0 Å². The van der Waals surface area contributed by atoms with E-state index < -0.39 is 0 Å². The Morgan fingerprint density at radius 3 is 3.00 bits per heavy atom. The third-order valence-corrected chi connectivity index (χ3v) is 2.63. The predicted molar refractivity (Wildman–Crippen MR) is 58.6 cm³/mol. The molecule has 2 aromatic rings. The van der Waals surface area contributed by atoms with Crippen molar-refractivity contribution in [2.45, 2.75) is 13.1 Å². The van der Waals surface area contributed by atoms with Crippen molar-refractivity contribution < 1.29 is 0 Å². The molecule has 16 heavy (non-hydrogen) atoms. The molecule has 0 aliphatic carbocycles. The van der Waals surface area contributed by atoms with Crippen LogP contribution in [0, 0.1) is 0 Å². The molecule has 0 spiro atoms. The second-order valence-electron chi connectivity index (χ2n) is 3.67. The lowest BCUT2D eigenvalue weighted by Gasteiger charge is -2.04. The van der Waals surface area contributed by atoms with Gasteiger partial charge in [-0.25, -0.2) is 4.79 Å². The molecule has 5 nitrogen and oxygen atoms in total. The Kier molecular flexibility index (Phi) is 2.04. The fourth-order valence-electron chi connectivity index (χ4n) is 1.91. The van der Waals surface area contributed by atoms with E-state index in [2.05, 4.69) is 20.3 Å². The zero-order valence-electron chi connectivity index (χ0n) is 8.53. The van der Waals surface area contributed by atoms with Gasteiger partial charge in [-0.15, -0.1) is 0 Å². The van der Waals surface area contributed by atoms with Gasteiger partial charge in [-0.1, -0.05) is 6.07 Å². The molecule has 80 valence electrons. The van der Waals surface area contributed by atoms with Crippen molar-refractivity contribution in [2.75, 3.05) is 0 Å². The summed E-state index contributed by atoms with van der Waals surface area (Å²) < 4.78 is 0. The standard InChI is InChI=1S/C11H10N4O/c16-11-14-9-6-12-5-7(9)10(15-11)8-3-1-2-4-13-8/h1-4,12H,5-6H2,(H,14,15,16). The third kappa shape index (κ3) is 1.42. The van der Waals surface area contributed by atoms with Crippen LogP contribution in [0.1, 0.15) is 11.3 Å². The van der Waals surface area contributed by atoms with Gasteiger partial charge in [-0.2, -0.15) is 4.98 Å². The quantitative estimate of drug-likeness (QED) is 0.722. The number of nitrogens with zero attached hydrogens (tertiary/aromatic N) is 2. The molecule has 0 atom stereocenters. The first kappa shape index (κ1) is 9.23. The van der Waals surface area contributed by atoms with E-state index in [1.54, 1.807) is 6.20 Å².